The second-order valence-electron chi connectivity index (χ2n) is 4.93. The number of ether oxygens (including phenoxy) is 1. The Hall–Kier alpha value is -2.12. The third-order valence-electron chi connectivity index (χ3n) is 3.14. The van der Waals surface area contributed by atoms with Gasteiger partial charge in [-0.3, -0.25) is 4.99 Å². The maximum Gasteiger partial charge on any atom is 0.246 e. The van der Waals surface area contributed by atoms with Crippen molar-refractivity contribution >= 4 is 17.6 Å². The van der Waals surface area contributed by atoms with Crippen LogP contribution in [0.25, 0.3) is 11.4 Å². The van der Waals surface area contributed by atoms with Gasteiger partial charge in [0.05, 0.1) is 6.54 Å². The molecule has 2 aromatic rings. The van der Waals surface area contributed by atoms with Gasteiger partial charge in [-0.1, -0.05) is 28.9 Å². The molecular formula is C16H22ClN5O2. The molecule has 0 aliphatic heterocycles. The minimum absolute atomic E-state index is 0.388. The molecule has 1 heterocycles. The van der Waals surface area contributed by atoms with Crippen LogP contribution in [0.1, 0.15) is 19.2 Å². The van der Waals surface area contributed by atoms with Crippen molar-refractivity contribution in [2.75, 3.05) is 26.8 Å². The van der Waals surface area contributed by atoms with Crippen molar-refractivity contribution < 1.29 is 9.26 Å². The lowest BCUT2D eigenvalue weighted by Gasteiger charge is -2.10. The van der Waals surface area contributed by atoms with E-state index >= 15 is 0 Å². The van der Waals surface area contributed by atoms with E-state index in [9.17, 15) is 0 Å². The first-order valence-electron chi connectivity index (χ1n) is 7.83. The molecule has 130 valence electrons. The molecule has 0 saturated carbocycles. The van der Waals surface area contributed by atoms with E-state index in [1.165, 1.54) is 0 Å². The van der Waals surface area contributed by atoms with Gasteiger partial charge in [0.1, 0.15) is 0 Å². The van der Waals surface area contributed by atoms with E-state index in [4.69, 9.17) is 20.9 Å². The lowest BCUT2D eigenvalue weighted by atomic mass is 10.2. The molecule has 2 rings (SSSR count). The molecule has 0 atom stereocenters. The number of aliphatic imine (C=N–C) groups is 1. The van der Waals surface area contributed by atoms with E-state index in [0.717, 1.165) is 31.7 Å². The van der Waals surface area contributed by atoms with E-state index in [-0.39, 0.29) is 0 Å². The van der Waals surface area contributed by atoms with Crippen LogP contribution in [-0.4, -0.2) is 42.9 Å². The number of aromatic nitrogens is 2. The SMILES string of the molecule is CCOCCCNC(=NC)NCc1nc(-c2cccc(Cl)c2)no1. The van der Waals surface area contributed by atoms with E-state index in [1.54, 1.807) is 19.2 Å². The van der Waals surface area contributed by atoms with E-state index in [0.29, 0.717) is 29.2 Å². The molecule has 24 heavy (non-hydrogen) atoms. The molecule has 8 heteroatoms. The first-order valence-corrected chi connectivity index (χ1v) is 8.21. The normalized spacial score (nSPS) is 11.5. The Morgan fingerprint density at radius 3 is 3.00 bits per heavy atom. The predicted octanol–water partition coefficient (Wildman–Crippen LogP) is 2.48. The number of nitrogens with one attached hydrogen (secondary N) is 2. The maximum absolute atomic E-state index is 5.97. The molecule has 0 unspecified atom stereocenters. The standard InChI is InChI=1S/C16H22ClN5O2/c1-3-23-9-5-8-19-16(18-2)20-11-14-21-15(22-24-14)12-6-4-7-13(17)10-12/h4,6-7,10H,3,5,8-9,11H2,1-2H3,(H2,18,19,20). The number of hydrogen-bond acceptors (Lipinski definition) is 5. The predicted molar refractivity (Wildman–Crippen MR) is 94.1 cm³/mol. The van der Waals surface area contributed by atoms with Crippen LogP contribution >= 0.6 is 11.6 Å². The molecule has 1 aromatic carbocycles. The molecule has 0 saturated heterocycles. The highest BCUT2D eigenvalue weighted by atomic mass is 35.5. The van der Waals surface area contributed by atoms with Crippen molar-refractivity contribution in [3.63, 3.8) is 0 Å². The monoisotopic (exact) mass is 351 g/mol. The Kier molecular flexibility index (Phi) is 7.51. The minimum Gasteiger partial charge on any atom is -0.382 e. The topological polar surface area (TPSA) is 84.6 Å². The van der Waals surface area contributed by atoms with Crippen LogP contribution in [0.4, 0.5) is 0 Å². The zero-order chi connectivity index (χ0) is 17.2. The second kappa shape index (κ2) is 9.89. The van der Waals surface area contributed by atoms with E-state index < -0.39 is 0 Å². The fraction of sp³-hybridized carbons (Fsp3) is 0.438. The highest BCUT2D eigenvalue weighted by molar-refractivity contribution is 6.30. The number of guanidine groups is 1. The summed E-state index contributed by atoms with van der Waals surface area (Å²) in [5.74, 6) is 1.66. The number of hydrogen-bond donors (Lipinski definition) is 2. The fourth-order valence-corrected chi connectivity index (χ4v) is 2.17. The van der Waals surface area contributed by atoms with Crippen LogP contribution in [0.2, 0.25) is 5.02 Å². The maximum atomic E-state index is 5.97. The average molecular weight is 352 g/mol. The molecule has 0 spiro atoms. The molecule has 0 bridgehead atoms. The number of halogens is 1. The summed E-state index contributed by atoms with van der Waals surface area (Å²) in [6.45, 7) is 4.61. The smallest absolute Gasteiger partial charge is 0.246 e. The summed E-state index contributed by atoms with van der Waals surface area (Å²) >= 11 is 5.97. The average Bonchev–Trinajstić information content (AvgIpc) is 3.06. The Morgan fingerprint density at radius 2 is 2.25 bits per heavy atom. The Morgan fingerprint density at radius 1 is 1.38 bits per heavy atom. The minimum atomic E-state index is 0.388. The number of benzene rings is 1. The van der Waals surface area contributed by atoms with Gasteiger partial charge in [0.25, 0.3) is 0 Å². The van der Waals surface area contributed by atoms with Gasteiger partial charge in [0, 0.05) is 37.4 Å². The Bertz CT molecular complexity index is 659. The summed E-state index contributed by atoms with van der Waals surface area (Å²) < 4.78 is 10.5. The molecule has 2 N–H and O–H groups in total. The van der Waals surface area contributed by atoms with Crippen LogP contribution in [0.15, 0.2) is 33.8 Å². The first-order chi connectivity index (χ1) is 11.7. The van der Waals surface area contributed by atoms with Gasteiger partial charge in [0.15, 0.2) is 5.96 Å². The molecule has 0 radical (unpaired) electrons. The van der Waals surface area contributed by atoms with Gasteiger partial charge < -0.3 is 19.9 Å². The summed E-state index contributed by atoms with van der Waals surface area (Å²) in [4.78, 5) is 8.49. The lowest BCUT2D eigenvalue weighted by molar-refractivity contribution is 0.145. The van der Waals surface area contributed by atoms with Crippen LogP contribution < -0.4 is 10.6 Å². The largest absolute Gasteiger partial charge is 0.382 e. The van der Waals surface area contributed by atoms with Crippen molar-refractivity contribution in [3.05, 3.63) is 35.2 Å². The van der Waals surface area contributed by atoms with Crippen LogP contribution in [0, 0.1) is 0 Å². The quantitative estimate of drug-likeness (QED) is 0.432. The van der Waals surface area contributed by atoms with Gasteiger partial charge in [0.2, 0.25) is 11.7 Å². The molecule has 0 amide bonds. The number of rotatable bonds is 8. The highest BCUT2D eigenvalue weighted by Crippen LogP contribution is 2.19. The number of nitrogens with zero attached hydrogens (tertiary/aromatic N) is 3. The summed E-state index contributed by atoms with van der Waals surface area (Å²) in [5, 5.41) is 10.9. The van der Waals surface area contributed by atoms with Crippen molar-refractivity contribution in [3.8, 4) is 11.4 Å². The Balaban J connectivity index is 1.81. The zero-order valence-corrected chi connectivity index (χ0v) is 14.6. The summed E-state index contributed by atoms with van der Waals surface area (Å²) in [7, 11) is 1.71. The summed E-state index contributed by atoms with van der Waals surface area (Å²) in [6, 6.07) is 7.32. The highest BCUT2D eigenvalue weighted by Gasteiger charge is 2.09. The second-order valence-corrected chi connectivity index (χ2v) is 5.36. The molecule has 0 fully saturated rings. The molecule has 1 aromatic heterocycles. The van der Waals surface area contributed by atoms with Gasteiger partial charge >= 0.3 is 0 Å². The summed E-state index contributed by atoms with van der Waals surface area (Å²) in [5.41, 5.74) is 0.816. The van der Waals surface area contributed by atoms with Crippen LogP contribution in [-0.2, 0) is 11.3 Å². The van der Waals surface area contributed by atoms with Crippen molar-refractivity contribution in [1.29, 1.82) is 0 Å². The van der Waals surface area contributed by atoms with Crippen molar-refractivity contribution in [1.82, 2.24) is 20.8 Å². The van der Waals surface area contributed by atoms with Gasteiger partial charge in [-0.15, -0.1) is 0 Å². The molecule has 0 aliphatic carbocycles. The van der Waals surface area contributed by atoms with E-state index in [1.807, 2.05) is 19.1 Å². The lowest BCUT2D eigenvalue weighted by Crippen LogP contribution is -2.37. The third-order valence-corrected chi connectivity index (χ3v) is 3.38. The van der Waals surface area contributed by atoms with Gasteiger partial charge in [-0.25, -0.2) is 0 Å². The van der Waals surface area contributed by atoms with Crippen LogP contribution in [0.3, 0.4) is 0 Å². The van der Waals surface area contributed by atoms with Crippen molar-refractivity contribution in [2.45, 2.75) is 19.9 Å². The summed E-state index contributed by atoms with van der Waals surface area (Å²) in [6.07, 6.45) is 0.911. The third kappa shape index (κ3) is 5.82. The van der Waals surface area contributed by atoms with Crippen LogP contribution in [0.5, 0.6) is 0 Å². The Labute approximate surface area is 146 Å². The van der Waals surface area contributed by atoms with Crippen molar-refractivity contribution in [2.24, 2.45) is 4.99 Å². The molecular weight excluding hydrogens is 330 g/mol. The van der Waals surface area contributed by atoms with E-state index in [2.05, 4.69) is 25.8 Å². The first kappa shape index (κ1) is 18.2. The molecule has 0 aliphatic rings. The van der Waals surface area contributed by atoms with Gasteiger partial charge in [-0.05, 0) is 25.5 Å². The molecule has 7 nitrogen and oxygen atoms in total. The fourth-order valence-electron chi connectivity index (χ4n) is 1.98. The van der Waals surface area contributed by atoms with Gasteiger partial charge in [-0.2, -0.15) is 4.98 Å². The zero-order valence-electron chi connectivity index (χ0n) is 13.9.